The Morgan fingerprint density at radius 2 is 1.80 bits per heavy atom. The van der Waals surface area contributed by atoms with Crippen LogP contribution in [-0.4, -0.2) is 68.3 Å². The lowest BCUT2D eigenvalue weighted by molar-refractivity contribution is -0.282. The Hall–Kier alpha value is -2.96. The Bertz CT molecular complexity index is 1330. The van der Waals surface area contributed by atoms with Gasteiger partial charge in [-0.3, -0.25) is 4.79 Å². The lowest BCUT2D eigenvalue weighted by Crippen LogP contribution is -2.70. The van der Waals surface area contributed by atoms with Crippen molar-refractivity contribution < 1.29 is 56.0 Å². The summed E-state index contributed by atoms with van der Waals surface area (Å²) in [6.45, 7) is 5.36. The third-order valence-electron chi connectivity index (χ3n) is 11.1. The van der Waals surface area contributed by atoms with Crippen molar-refractivity contribution in [3.63, 3.8) is 0 Å². The molecule has 1 spiro atoms. The molecule has 1 aromatic carbocycles. The summed E-state index contributed by atoms with van der Waals surface area (Å²) in [5, 5.41) is 0. The molecule has 4 fully saturated rings. The molecule has 9 nitrogen and oxygen atoms in total. The van der Waals surface area contributed by atoms with Crippen LogP contribution in [0.5, 0.6) is 0 Å². The van der Waals surface area contributed by atoms with Crippen LogP contribution in [-0.2, 0) is 48.4 Å². The van der Waals surface area contributed by atoms with Crippen molar-refractivity contribution in [3.8, 4) is 0 Å². The number of carbonyl (C=O) groups is 3. The van der Waals surface area contributed by atoms with Crippen LogP contribution < -0.4 is 0 Å². The second kappa shape index (κ2) is 10.6. The van der Waals surface area contributed by atoms with E-state index >= 15 is 0 Å². The summed E-state index contributed by atoms with van der Waals surface area (Å²) >= 11 is 0. The highest BCUT2D eigenvalue weighted by Crippen LogP contribution is 2.69. The maximum Gasteiger partial charge on any atom is 0.432 e. The first-order valence-corrected chi connectivity index (χ1v) is 14.9. The molecule has 0 aromatic heterocycles. The quantitative estimate of drug-likeness (QED) is 0.245. The molecule has 1 aromatic rings. The molecule has 240 valence electrons. The van der Waals surface area contributed by atoms with E-state index in [0.717, 1.165) is 25.5 Å². The fraction of sp³-hybridized carbons (Fsp3) is 0.656. The van der Waals surface area contributed by atoms with Crippen LogP contribution in [0.3, 0.4) is 0 Å². The molecule has 0 amide bonds. The van der Waals surface area contributed by atoms with Crippen LogP contribution in [0, 0.1) is 28.6 Å². The Labute approximate surface area is 253 Å². The maximum absolute atomic E-state index is 14.7. The number of esters is 2. The fourth-order valence-corrected chi connectivity index (χ4v) is 8.73. The molecule has 2 saturated heterocycles. The first-order valence-electron chi connectivity index (χ1n) is 14.9. The van der Waals surface area contributed by atoms with Crippen LogP contribution in [0.2, 0.25) is 0 Å². The van der Waals surface area contributed by atoms with Gasteiger partial charge in [0.15, 0.2) is 0 Å². The van der Waals surface area contributed by atoms with E-state index in [2.05, 4.69) is 0 Å². The molecule has 0 bridgehead atoms. The second-order valence-electron chi connectivity index (χ2n) is 13.1. The van der Waals surface area contributed by atoms with Crippen LogP contribution in [0.25, 0.3) is 0 Å². The number of methoxy groups -OCH3 is 1. The zero-order valence-corrected chi connectivity index (χ0v) is 25.0. The van der Waals surface area contributed by atoms with Gasteiger partial charge in [-0.05, 0) is 37.2 Å². The van der Waals surface area contributed by atoms with Gasteiger partial charge in [0.1, 0.15) is 24.1 Å². The molecule has 6 rings (SSSR count). The van der Waals surface area contributed by atoms with Gasteiger partial charge in [-0.2, -0.15) is 13.2 Å². The lowest BCUT2D eigenvalue weighted by atomic mass is 9.42. The third kappa shape index (κ3) is 4.27. The number of epoxide rings is 1. The number of halogens is 3. The number of rotatable bonds is 7. The summed E-state index contributed by atoms with van der Waals surface area (Å²) in [6.07, 6.45) is -2.70. The standard InChI is InChI=1S/C32H37F3O9/c1-18-12-25(42-19(2)37)30(16-36)23(28(18,3)24-13-20-10-11-40-26(20)44-24)14-22(15-29(30)17-41-29)43-27(38)31(39-4,32(33,34)35)21-8-6-5-7-9-21/h5-11,16,18,20,22-26H,12-15,17H2,1-4H3/t18-,20-,22-,23-,24+,25+,26+,28+,29+,30+,31-/m1/s1. The van der Waals surface area contributed by atoms with Crippen LogP contribution >= 0.6 is 0 Å². The summed E-state index contributed by atoms with van der Waals surface area (Å²) in [5.41, 5.74) is -7.10. The highest BCUT2D eigenvalue weighted by Gasteiger charge is 2.78. The fourth-order valence-electron chi connectivity index (χ4n) is 8.73. The minimum absolute atomic E-state index is 0.00387. The molecule has 44 heavy (non-hydrogen) atoms. The molecular formula is C32H37F3O9. The second-order valence-corrected chi connectivity index (χ2v) is 13.1. The first-order chi connectivity index (χ1) is 20.8. The molecule has 3 heterocycles. The van der Waals surface area contributed by atoms with Gasteiger partial charge in [0.2, 0.25) is 6.29 Å². The number of carbonyl (C=O) groups excluding carboxylic acids is 3. The van der Waals surface area contributed by atoms with Gasteiger partial charge in [-0.1, -0.05) is 44.2 Å². The largest absolute Gasteiger partial charge is 0.472 e. The van der Waals surface area contributed by atoms with Gasteiger partial charge in [0.05, 0.1) is 24.4 Å². The summed E-state index contributed by atoms with van der Waals surface area (Å²) in [4.78, 5) is 39.4. The minimum Gasteiger partial charge on any atom is -0.472 e. The van der Waals surface area contributed by atoms with E-state index < -0.39 is 76.2 Å². The molecule has 12 heteroatoms. The van der Waals surface area contributed by atoms with Gasteiger partial charge < -0.3 is 33.2 Å². The zero-order valence-electron chi connectivity index (χ0n) is 25.0. The minimum atomic E-state index is -5.15. The Kier molecular flexibility index (Phi) is 7.45. The molecule has 5 aliphatic rings. The van der Waals surface area contributed by atoms with Gasteiger partial charge in [0, 0.05) is 37.4 Å². The summed E-state index contributed by atoms with van der Waals surface area (Å²) in [6, 6.07) is 6.62. The van der Waals surface area contributed by atoms with Crippen molar-refractivity contribution >= 4 is 18.2 Å². The van der Waals surface area contributed by atoms with Crippen molar-refractivity contribution in [3.05, 3.63) is 48.2 Å². The molecule has 3 aliphatic heterocycles. The SMILES string of the molecule is CO[C@@](C(=O)O[C@@H]1C[C@@H]2[C@@](C)([C@@H]3C[C@H]4C=CO[C@H]4O3)[C@H](C)C[C@H](OC(C)=O)[C@@]2(C=O)[C@@]2(CO2)C1)(c1ccccc1)C(F)(F)F. The summed E-state index contributed by atoms with van der Waals surface area (Å²) in [5.74, 6) is -2.98. The Morgan fingerprint density at radius 3 is 2.36 bits per heavy atom. The smallest absolute Gasteiger partial charge is 0.432 e. The first kappa shape index (κ1) is 31.0. The van der Waals surface area contributed by atoms with E-state index in [1.54, 1.807) is 6.26 Å². The molecule has 2 saturated carbocycles. The third-order valence-corrected chi connectivity index (χ3v) is 11.1. The van der Waals surface area contributed by atoms with Crippen LogP contribution in [0.4, 0.5) is 13.2 Å². The zero-order chi connectivity index (χ0) is 31.7. The van der Waals surface area contributed by atoms with E-state index in [9.17, 15) is 27.6 Å². The van der Waals surface area contributed by atoms with Crippen molar-refractivity contribution in [1.29, 1.82) is 0 Å². The van der Waals surface area contributed by atoms with Gasteiger partial charge in [-0.15, -0.1) is 0 Å². The topological polar surface area (TPSA) is 110 Å². The number of alkyl halides is 3. The van der Waals surface area contributed by atoms with Crippen LogP contribution in [0.15, 0.2) is 42.7 Å². The highest BCUT2D eigenvalue weighted by atomic mass is 19.4. The molecule has 0 unspecified atom stereocenters. The number of aldehydes is 1. The van der Waals surface area contributed by atoms with E-state index in [1.807, 2.05) is 19.9 Å². The van der Waals surface area contributed by atoms with E-state index in [1.165, 1.54) is 25.1 Å². The van der Waals surface area contributed by atoms with E-state index in [4.69, 9.17) is 28.4 Å². The molecular weight excluding hydrogens is 585 g/mol. The number of fused-ring (bicyclic) bond motifs is 3. The lowest BCUT2D eigenvalue weighted by Gasteiger charge is -2.63. The predicted molar refractivity (Wildman–Crippen MR) is 145 cm³/mol. The Morgan fingerprint density at radius 1 is 1.09 bits per heavy atom. The van der Waals surface area contributed by atoms with Crippen molar-refractivity contribution in [2.45, 2.75) is 88.4 Å². The molecule has 2 aliphatic carbocycles. The predicted octanol–water partition coefficient (Wildman–Crippen LogP) is 4.62. The molecule has 0 radical (unpaired) electrons. The summed E-state index contributed by atoms with van der Waals surface area (Å²) < 4.78 is 78.7. The van der Waals surface area contributed by atoms with Gasteiger partial charge in [0.25, 0.3) is 5.60 Å². The number of ether oxygens (including phenoxy) is 6. The summed E-state index contributed by atoms with van der Waals surface area (Å²) in [7, 11) is 0.819. The van der Waals surface area contributed by atoms with Crippen LogP contribution in [0.1, 0.15) is 52.0 Å². The maximum atomic E-state index is 14.7. The molecule has 0 N–H and O–H groups in total. The number of hydrogen-bond acceptors (Lipinski definition) is 9. The highest BCUT2D eigenvalue weighted by molar-refractivity contribution is 5.83. The van der Waals surface area contributed by atoms with E-state index in [0.29, 0.717) is 12.8 Å². The average molecular weight is 623 g/mol. The Balaban J connectivity index is 1.40. The average Bonchev–Trinajstić information content (AvgIpc) is 3.39. The van der Waals surface area contributed by atoms with Gasteiger partial charge in [-0.25, -0.2) is 4.79 Å². The number of benzene rings is 1. The monoisotopic (exact) mass is 622 g/mol. The van der Waals surface area contributed by atoms with Crippen molar-refractivity contribution in [2.75, 3.05) is 13.7 Å². The number of hydrogen-bond donors (Lipinski definition) is 0. The van der Waals surface area contributed by atoms with E-state index in [-0.39, 0.29) is 31.3 Å². The molecule has 11 atom stereocenters. The van der Waals surface area contributed by atoms with Crippen molar-refractivity contribution in [1.82, 2.24) is 0 Å². The van der Waals surface area contributed by atoms with Gasteiger partial charge >= 0.3 is 18.1 Å². The van der Waals surface area contributed by atoms with Crippen molar-refractivity contribution in [2.24, 2.45) is 28.6 Å². The normalized spacial score (nSPS) is 42.0.